The standard InChI is InChI=1S/C23H14Cl2N4O5/c1-12-21(23(30)27-19-9-7-14(28(31)32)11-20(19)29(33)34)16-4-2-3-5-18(16)26-22(12)15-8-6-13(24)10-17(15)25/h2-11H,1H3,(H,27,30). The number of para-hydroxylation sites is 1. The Bertz CT molecular complexity index is 1510. The van der Waals surface area contributed by atoms with Crippen molar-refractivity contribution in [2.45, 2.75) is 6.92 Å². The first kappa shape index (κ1) is 23.1. The van der Waals surface area contributed by atoms with E-state index in [2.05, 4.69) is 10.3 Å². The highest BCUT2D eigenvalue weighted by molar-refractivity contribution is 6.36. The zero-order valence-electron chi connectivity index (χ0n) is 17.4. The minimum atomic E-state index is -0.793. The van der Waals surface area contributed by atoms with Gasteiger partial charge in [-0.2, -0.15) is 0 Å². The summed E-state index contributed by atoms with van der Waals surface area (Å²) in [7, 11) is 0. The molecule has 0 spiro atoms. The van der Waals surface area contributed by atoms with Gasteiger partial charge in [-0.25, -0.2) is 4.98 Å². The molecule has 0 aliphatic carbocycles. The van der Waals surface area contributed by atoms with Gasteiger partial charge in [0, 0.05) is 22.0 Å². The summed E-state index contributed by atoms with van der Waals surface area (Å²) in [5.74, 6) is -0.639. The molecule has 0 fully saturated rings. The van der Waals surface area contributed by atoms with Crippen molar-refractivity contribution in [3.05, 3.63) is 102 Å². The van der Waals surface area contributed by atoms with Crippen LogP contribution in [0.1, 0.15) is 15.9 Å². The summed E-state index contributed by atoms with van der Waals surface area (Å²) in [5.41, 5.74) is 1.01. The molecule has 0 saturated carbocycles. The van der Waals surface area contributed by atoms with Crippen LogP contribution in [-0.4, -0.2) is 20.7 Å². The van der Waals surface area contributed by atoms with Gasteiger partial charge in [-0.1, -0.05) is 41.4 Å². The minimum absolute atomic E-state index is 0.174. The number of rotatable bonds is 5. The normalized spacial score (nSPS) is 10.8. The Morgan fingerprint density at radius 2 is 1.71 bits per heavy atom. The van der Waals surface area contributed by atoms with E-state index >= 15 is 0 Å². The number of benzene rings is 3. The number of amides is 1. The lowest BCUT2D eigenvalue weighted by Gasteiger charge is -2.15. The highest BCUT2D eigenvalue weighted by Gasteiger charge is 2.24. The van der Waals surface area contributed by atoms with Gasteiger partial charge in [-0.05, 0) is 42.8 Å². The van der Waals surface area contributed by atoms with Crippen LogP contribution < -0.4 is 5.32 Å². The third-order valence-corrected chi connectivity index (χ3v) is 5.73. The quantitative estimate of drug-likeness (QED) is 0.245. The van der Waals surface area contributed by atoms with E-state index in [0.717, 1.165) is 18.2 Å². The number of non-ortho nitro benzene ring substituents is 1. The summed E-state index contributed by atoms with van der Waals surface area (Å²) in [6.45, 7) is 1.69. The lowest BCUT2D eigenvalue weighted by atomic mass is 9.97. The number of hydrogen-bond donors (Lipinski definition) is 1. The van der Waals surface area contributed by atoms with Crippen molar-refractivity contribution >= 4 is 57.1 Å². The van der Waals surface area contributed by atoms with E-state index in [1.165, 1.54) is 0 Å². The molecule has 1 heterocycles. The Morgan fingerprint density at radius 3 is 2.38 bits per heavy atom. The molecule has 11 heteroatoms. The fourth-order valence-corrected chi connectivity index (χ4v) is 4.12. The summed E-state index contributed by atoms with van der Waals surface area (Å²) in [4.78, 5) is 39.1. The molecule has 1 N–H and O–H groups in total. The lowest BCUT2D eigenvalue weighted by molar-refractivity contribution is -0.393. The predicted molar refractivity (Wildman–Crippen MR) is 130 cm³/mol. The number of nitrogens with one attached hydrogen (secondary N) is 1. The Kier molecular flexibility index (Phi) is 6.14. The Labute approximate surface area is 202 Å². The Balaban J connectivity index is 1.88. The van der Waals surface area contributed by atoms with Crippen LogP contribution in [0.25, 0.3) is 22.2 Å². The number of pyridine rings is 1. The third-order valence-electron chi connectivity index (χ3n) is 5.19. The first-order chi connectivity index (χ1) is 16.2. The SMILES string of the molecule is Cc1c(-c2ccc(Cl)cc2Cl)nc2ccccc2c1C(=O)Nc1ccc([N+](=O)[O-])cc1[N+](=O)[O-]. The van der Waals surface area contributed by atoms with Crippen molar-refractivity contribution in [1.29, 1.82) is 0 Å². The van der Waals surface area contributed by atoms with Crippen LogP contribution in [0.3, 0.4) is 0 Å². The fourth-order valence-electron chi connectivity index (χ4n) is 3.62. The first-order valence-corrected chi connectivity index (χ1v) is 10.5. The zero-order valence-corrected chi connectivity index (χ0v) is 18.9. The molecule has 170 valence electrons. The maximum Gasteiger partial charge on any atom is 0.299 e. The van der Waals surface area contributed by atoms with Gasteiger partial charge in [0.15, 0.2) is 0 Å². The van der Waals surface area contributed by atoms with Crippen LogP contribution in [0.2, 0.25) is 10.0 Å². The number of hydrogen-bond acceptors (Lipinski definition) is 6. The molecule has 0 saturated heterocycles. The summed E-state index contributed by atoms with van der Waals surface area (Å²) in [6, 6.07) is 14.9. The smallest absolute Gasteiger partial charge is 0.299 e. The molecule has 3 aromatic carbocycles. The van der Waals surface area contributed by atoms with Gasteiger partial charge < -0.3 is 5.32 Å². The summed E-state index contributed by atoms with van der Waals surface area (Å²) < 4.78 is 0. The molecule has 34 heavy (non-hydrogen) atoms. The molecule has 9 nitrogen and oxygen atoms in total. The van der Waals surface area contributed by atoms with Crippen LogP contribution in [0.15, 0.2) is 60.7 Å². The number of aromatic nitrogens is 1. The molecule has 0 unspecified atom stereocenters. The lowest BCUT2D eigenvalue weighted by Crippen LogP contribution is -2.16. The van der Waals surface area contributed by atoms with E-state index in [4.69, 9.17) is 23.2 Å². The number of halogens is 2. The molecule has 0 aliphatic heterocycles. The molecule has 0 aliphatic rings. The third kappa shape index (κ3) is 4.26. The van der Waals surface area contributed by atoms with Crippen LogP contribution >= 0.6 is 23.2 Å². The van der Waals surface area contributed by atoms with E-state index < -0.39 is 27.1 Å². The van der Waals surface area contributed by atoms with Gasteiger partial charge in [0.05, 0.1) is 37.7 Å². The number of nitrogens with zero attached hydrogens (tertiary/aromatic N) is 3. The van der Waals surface area contributed by atoms with Gasteiger partial charge in [0.1, 0.15) is 5.69 Å². The average molecular weight is 497 g/mol. The van der Waals surface area contributed by atoms with Crippen molar-refractivity contribution in [3.63, 3.8) is 0 Å². The van der Waals surface area contributed by atoms with Crippen molar-refractivity contribution in [2.24, 2.45) is 0 Å². The highest BCUT2D eigenvalue weighted by Crippen LogP contribution is 2.36. The summed E-state index contributed by atoms with van der Waals surface area (Å²) in [6.07, 6.45) is 0. The van der Waals surface area contributed by atoms with Crippen molar-refractivity contribution < 1.29 is 14.6 Å². The van der Waals surface area contributed by atoms with Gasteiger partial charge in [-0.3, -0.25) is 25.0 Å². The summed E-state index contributed by atoms with van der Waals surface area (Å²) in [5, 5.41) is 26.3. The number of anilines is 1. The molecular weight excluding hydrogens is 483 g/mol. The van der Waals surface area contributed by atoms with Crippen molar-refractivity contribution in [2.75, 3.05) is 5.32 Å². The van der Waals surface area contributed by atoms with Crippen molar-refractivity contribution in [3.8, 4) is 11.3 Å². The summed E-state index contributed by atoms with van der Waals surface area (Å²) >= 11 is 12.4. The van der Waals surface area contributed by atoms with E-state index in [0.29, 0.717) is 37.8 Å². The molecule has 0 atom stereocenters. The Morgan fingerprint density at radius 1 is 0.971 bits per heavy atom. The van der Waals surface area contributed by atoms with Gasteiger partial charge in [0.25, 0.3) is 17.3 Å². The van der Waals surface area contributed by atoms with E-state index in [9.17, 15) is 25.0 Å². The topological polar surface area (TPSA) is 128 Å². The number of fused-ring (bicyclic) bond motifs is 1. The molecule has 4 aromatic rings. The van der Waals surface area contributed by atoms with Crippen molar-refractivity contribution in [1.82, 2.24) is 4.98 Å². The number of carbonyl (C=O) groups is 1. The van der Waals surface area contributed by atoms with Gasteiger partial charge >= 0.3 is 0 Å². The van der Waals surface area contributed by atoms with E-state index in [1.807, 2.05) is 0 Å². The second kappa shape index (κ2) is 9.05. The van der Waals surface area contributed by atoms with Crippen LogP contribution in [-0.2, 0) is 0 Å². The zero-order chi connectivity index (χ0) is 24.6. The largest absolute Gasteiger partial charge is 0.316 e. The number of carbonyl (C=O) groups excluding carboxylic acids is 1. The molecule has 4 rings (SSSR count). The van der Waals surface area contributed by atoms with Gasteiger partial charge in [0.2, 0.25) is 0 Å². The van der Waals surface area contributed by atoms with Gasteiger partial charge in [-0.15, -0.1) is 0 Å². The van der Waals surface area contributed by atoms with Crippen LogP contribution in [0.4, 0.5) is 17.1 Å². The second-order valence-electron chi connectivity index (χ2n) is 7.27. The molecule has 0 bridgehead atoms. The minimum Gasteiger partial charge on any atom is -0.316 e. The maximum atomic E-state index is 13.4. The average Bonchev–Trinajstić information content (AvgIpc) is 2.78. The van der Waals surface area contributed by atoms with Crippen LogP contribution in [0.5, 0.6) is 0 Å². The number of nitro groups is 2. The van der Waals surface area contributed by atoms with E-state index in [-0.39, 0.29) is 11.3 Å². The highest BCUT2D eigenvalue weighted by atomic mass is 35.5. The monoisotopic (exact) mass is 496 g/mol. The predicted octanol–water partition coefficient (Wildman–Crippen LogP) is 6.59. The molecule has 1 amide bonds. The fraction of sp³-hybridized carbons (Fsp3) is 0.0435. The second-order valence-corrected chi connectivity index (χ2v) is 8.12. The van der Waals surface area contributed by atoms with Crippen LogP contribution in [0, 0.1) is 27.2 Å². The van der Waals surface area contributed by atoms with E-state index in [1.54, 1.807) is 49.4 Å². The Hall–Kier alpha value is -4.08. The molecule has 1 aromatic heterocycles. The maximum absolute atomic E-state index is 13.4. The number of nitro benzene ring substituents is 2. The molecular formula is C23H14Cl2N4O5. The molecule has 0 radical (unpaired) electrons. The first-order valence-electron chi connectivity index (χ1n) is 9.76.